The maximum atomic E-state index is 11.4. The minimum absolute atomic E-state index is 0.0885. The number of carbonyl (C=O) groups excluding carboxylic acids is 2. The molecule has 3 amide bonds. The van der Waals surface area contributed by atoms with Gasteiger partial charge in [0, 0.05) is 24.5 Å². The molecule has 0 heterocycles. The summed E-state index contributed by atoms with van der Waals surface area (Å²) in [6.07, 6.45) is 3.37. The molecule has 1 aliphatic carbocycles. The monoisotopic (exact) mass is 241 g/mol. The molecule has 0 aromatic rings. The lowest BCUT2D eigenvalue weighted by atomic mass is 10.1. The van der Waals surface area contributed by atoms with E-state index in [1.54, 1.807) is 0 Å². The van der Waals surface area contributed by atoms with Crippen LogP contribution >= 0.6 is 0 Å². The molecule has 1 rings (SSSR count). The largest absolute Gasteiger partial charge is 0.353 e. The van der Waals surface area contributed by atoms with Crippen molar-refractivity contribution in [1.29, 1.82) is 0 Å². The summed E-state index contributed by atoms with van der Waals surface area (Å²) in [4.78, 5) is 22.7. The Hall–Kier alpha value is -1.26. The fraction of sp³-hybridized carbons (Fsp3) is 0.833. The summed E-state index contributed by atoms with van der Waals surface area (Å²) < 4.78 is 0. The van der Waals surface area contributed by atoms with Gasteiger partial charge in [-0.15, -0.1) is 0 Å². The van der Waals surface area contributed by atoms with Crippen LogP contribution in [0.2, 0.25) is 0 Å². The molecule has 5 nitrogen and oxygen atoms in total. The Morgan fingerprint density at radius 2 is 1.88 bits per heavy atom. The summed E-state index contributed by atoms with van der Waals surface area (Å²) in [6.45, 7) is 6.31. The third kappa shape index (κ3) is 7.60. The molecule has 0 aromatic carbocycles. The topological polar surface area (TPSA) is 70.2 Å². The average molecular weight is 241 g/mol. The molecule has 0 aromatic heterocycles. The maximum Gasteiger partial charge on any atom is 0.315 e. The number of carbonyl (C=O) groups is 2. The Labute approximate surface area is 103 Å². The quantitative estimate of drug-likeness (QED) is 0.632. The molecule has 0 aliphatic heterocycles. The highest BCUT2D eigenvalue weighted by Crippen LogP contribution is 2.18. The van der Waals surface area contributed by atoms with Crippen molar-refractivity contribution in [3.8, 4) is 0 Å². The number of amides is 3. The summed E-state index contributed by atoms with van der Waals surface area (Å²) >= 11 is 0. The standard InChI is InChI=1S/C12H23N3O2/c1-12(2,3)15-11(17)13-8-4-5-10(16)14-9-6-7-9/h9H,4-8H2,1-3H3,(H,14,16)(H2,13,15,17). The van der Waals surface area contributed by atoms with Gasteiger partial charge in [0.05, 0.1) is 0 Å². The van der Waals surface area contributed by atoms with Crippen molar-refractivity contribution in [2.75, 3.05) is 6.54 Å². The summed E-state index contributed by atoms with van der Waals surface area (Å²) in [5.41, 5.74) is -0.229. The molecule has 0 unspecified atom stereocenters. The van der Waals surface area contributed by atoms with Crippen LogP contribution in [0.3, 0.4) is 0 Å². The van der Waals surface area contributed by atoms with Crippen LogP contribution in [0.15, 0.2) is 0 Å². The highest BCUT2D eigenvalue weighted by molar-refractivity contribution is 5.77. The number of hydrogen-bond acceptors (Lipinski definition) is 2. The predicted molar refractivity (Wildman–Crippen MR) is 66.7 cm³/mol. The molecule has 17 heavy (non-hydrogen) atoms. The first-order chi connectivity index (χ1) is 7.87. The van der Waals surface area contributed by atoms with Gasteiger partial charge in [0.1, 0.15) is 0 Å². The Kier molecular flexibility index (Phi) is 4.78. The van der Waals surface area contributed by atoms with Crippen LogP contribution in [0.5, 0.6) is 0 Å². The minimum atomic E-state index is -0.229. The van der Waals surface area contributed by atoms with Crippen molar-refractivity contribution in [3.63, 3.8) is 0 Å². The van der Waals surface area contributed by atoms with Gasteiger partial charge in [0.15, 0.2) is 0 Å². The second-order valence-corrected chi connectivity index (χ2v) is 5.58. The third-order valence-corrected chi connectivity index (χ3v) is 2.30. The summed E-state index contributed by atoms with van der Waals surface area (Å²) in [6, 6.07) is 0.236. The van der Waals surface area contributed by atoms with Crippen LogP contribution in [0.4, 0.5) is 4.79 Å². The van der Waals surface area contributed by atoms with Crippen molar-refractivity contribution in [2.24, 2.45) is 0 Å². The second kappa shape index (κ2) is 5.89. The fourth-order valence-electron chi connectivity index (χ4n) is 1.36. The molecule has 0 radical (unpaired) electrons. The molecular weight excluding hydrogens is 218 g/mol. The van der Waals surface area contributed by atoms with Gasteiger partial charge < -0.3 is 16.0 Å². The third-order valence-electron chi connectivity index (χ3n) is 2.30. The van der Waals surface area contributed by atoms with E-state index < -0.39 is 0 Å². The van der Waals surface area contributed by atoms with E-state index in [1.165, 1.54) is 0 Å². The first-order valence-electron chi connectivity index (χ1n) is 6.22. The first-order valence-corrected chi connectivity index (χ1v) is 6.22. The fourth-order valence-corrected chi connectivity index (χ4v) is 1.36. The van der Waals surface area contributed by atoms with E-state index in [9.17, 15) is 9.59 Å². The van der Waals surface area contributed by atoms with Crippen LogP contribution in [0, 0.1) is 0 Å². The van der Waals surface area contributed by atoms with Gasteiger partial charge in [0.2, 0.25) is 5.91 Å². The van der Waals surface area contributed by atoms with Gasteiger partial charge in [0.25, 0.3) is 0 Å². The molecule has 5 heteroatoms. The zero-order chi connectivity index (χ0) is 12.9. The lowest BCUT2D eigenvalue weighted by molar-refractivity contribution is -0.121. The van der Waals surface area contributed by atoms with Crippen LogP contribution in [-0.4, -0.2) is 30.1 Å². The molecule has 98 valence electrons. The maximum absolute atomic E-state index is 11.4. The Balaban J connectivity index is 1.99. The van der Waals surface area contributed by atoms with Gasteiger partial charge in [-0.2, -0.15) is 0 Å². The molecule has 0 saturated heterocycles. The Bertz CT molecular complexity index is 280. The number of hydrogen-bond donors (Lipinski definition) is 3. The van der Waals surface area contributed by atoms with E-state index in [1.807, 2.05) is 20.8 Å². The number of rotatable bonds is 5. The van der Waals surface area contributed by atoms with Gasteiger partial charge in [-0.05, 0) is 40.0 Å². The zero-order valence-corrected chi connectivity index (χ0v) is 10.9. The highest BCUT2D eigenvalue weighted by atomic mass is 16.2. The molecule has 1 fully saturated rings. The normalized spacial score (nSPS) is 15.2. The zero-order valence-electron chi connectivity index (χ0n) is 10.9. The van der Waals surface area contributed by atoms with E-state index in [4.69, 9.17) is 0 Å². The first kappa shape index (κ1) is 13.8. The Morgan fingerprint density at radius 1 is 1.24 bits per heavy atom. The summed E-state index contributed by atoms with van der Waals surface area (Å²) in [5.74, 6) is 0.0885. The lowest BCUT2D eigenvalue weighted by Crippen LogP contribution is -2.46. The van der Waals surface area contributed by atoms with Gasteiger partial charge >= 0.3 is 6.03 Å². The van der Waals surface area contributed by atoms with Crippen molar-refractivity contribution < 1.29 is 9.59 Å². The van der Waals surface area contributed by atoms with Gasteiger partial charge in [-0.25, -0.2) is 4.79 Å². The lowest BCUT2D eigenvalue weighted by Gasteiger charge is -2.20. The van der Waals surface area contributed by atoms with E-state index in [0.29, 0.717) is 25.4 Å². The van der Waals surface area contributed by atoms with Crippen LogP contribution in [0.1, 0.15) is 46.5 Å². The Morgan fingerprint density at radius 3 is 2.41 bits per heavy atom. The molecule has 1 saturated carbocycles. The van der Waals surface area contributed by atoms with Crippen molar-refractivity contribution >= 4 is 11.9 Å². The minimum Gasteiger partial charge on any atom is -0.353 e. The smallest absolute Gasteiger partial charge is 0.315 e. The SMILES string of the molecule is CC(C)(C)NC(=O)NCCCC(=O)NC1CC1. The molecular formula is C12H23N3O2. The summed E-state index contributed by atoms with van der Waals surface area (Å²) in [5, 5.41) is 8.45. The number of urea groups is 1. The summed E-state index contributed by atoms with van der Waals surface area (Å²) in [7, 11) is 0. The molecule has 3 N–H and O–H groups in total. The van der Waals surface area contributed by atoms with Gasteiger partial charge in [-0.1, -0.05) is 0 Å². The van der Waals surface area contributed by atoms with E-state index in [0.717, 1.165) is 12.8 Å². The molecule has 0 spiro atoms. The van der Waals surface area contributed by atoms with E-state index >= 15 is 0 Å². The molecule has 1 aliphatic rings. The van der Waals surface area contributed by atoms with E-state index in [2.05, 4.69) is 16.0 Å². The van der Waals surface area contributed by atoms with Crippen molar-refractivity contribution in [1.82, 2.24) is 16.0 Å². The second-order valence-electron chi connectivity index (χ2n) is 5.58. The predicted octanol–water partition coefficient (Wildman–Crippen LogP) is 1.14. The average Bonchev–Trinajstić information content (AvgIpc) is 2.93. The number of nitrogens with one attached hydrogen (secondary N) is 3. The van der Waals surface area contributed by atoms with Crippen LogP contribution in [-0.2, 0) is 4.79 Å². The van der Waals surface area contributed by atoms with Crippen molar-refractivity contribution in [3.05, 3.63) is 0 Å². The van der Waals surface area contributed by atoms with Crippen molar-refractivity contribution in [2.45, 2.75) is 58.0 Å². The molecule has 0 atom stereocenters. The van der Waals surface area contributed by atoms with Crippen LogP contribution < -0.4 is 16.0 Å². The van der Waals surface area contributed by atoms with E-state index in [-0.39, 0.29) is 17.5 Å². The highest BCUT2D eigenvalue weighted by Gasteiger charge is 2.22. The van der Waals surface area contributed by atoms with Gasteiger partial charge in [-0.3, -0.25) is 4.79 Å². The van der Waals surface area contributed by atoms with Crippen LogP contribution in [0.25, 0.3) is 0 Å². The molecule has 0 bridgehead atoms.